The minimum absolute atomic E-state index is 0.123. The van der Waals surface area contributed by atoms with Crippen LogP contribution in [0.15, 0.2) is 58.2 Å². The molecule has 2 aromatic carbocycles. The first-order valence-corrected chi connectivity index (χ1v) is 10.4. The number of aromatic nitrogens is 2. The molecule has 0 unspecified atom stereocenters. The summed E-state index contributed by atoms with van der Waals surface area (Å²) < 4.78 is 26.7. The van der Waals surface area contributed by atoms with Gasteiger partial charge in [-0.25, -0.2) is 17.4 Å². The fraction of sp³-hybridized carbons (Fsp3) is 0.250. The van der Waals surface area contributed by atoms with Crippen molar-refractivity contribution in [1.82, 2.24) is 14.1 Å². The Bertz CT molecular complexity index is 1230. The Morgan fingerprint density at radius 3 is 2.17 bits per heavy atom. The van der Waals surface area contributed by atoms with Gasteiger partial charge in [0, 0.05) is 25.2 Å². The number of sulfonamides is 1. The molecule has 0 aliphatic heterocycles. The molecule has 1 heterocycles. The van der Waals surface area contributed by atoms with E-state index < -0.39 is 15.9 Å². The van der Waals surface area contributed by atoms with E-state index in [-0.39, 0.29) is 22.2 Å². The monoisotopic (exact) mass is 414 g/mol. The predicted octanol–water partition coefficient (Wildman–Crippen LogP) is 2.48. The van der Waals surface area contributed by atoms with Crippen LogP contribution in [0, 0.1) is 0 Å². The van der Waals surface area contributed by atoms with E-state index in [4.69, 9.17) is 0 Å². The Morgan fingerprint density at radius 1 is 1.03 bits per heavy atom. The van der Waals surface area contributed by atoms with Gasteiger partial charge in [-0.15, -0.1) is 0 Å². The van der Waals surface area contributed by atoms with E-state index in [1.807, 2.05) is 13.8 Å². The predicted molar refractivity (Wildman–Crippen MR) is 112 cm³/mol. The van der Waals surface area contributed by atoms with E-state index in [1.165, 1.54) is 43.0 Å². The fourth-order valence-electron chi connectivity index (χ4n) is 2.84. The lowest BCUT2D eigenvalue weighted by molar-refractivity contribution is 0.102. The number of nitrogens with one attached hydrogen (secondary N) is 1. The van der Waals surface area contributed by atoms with Crippen molar-refractivity contribution in [2.45, 2.75) is 24.8 Å². The molecule has 1 amide bonds. The minimum atomic E-state index is -3.55. The van der Waals surface area contributed by atoms with Crippen LogP contribution in [-0.4, -0.2) is 42.5 Å². The molecule has 3 aromatic rings. The summed E-state index contributed by atoms with van der Waals surface area (Å²) in [5, 5.41) is 7.85. The van der Waals surface area contributed by atoms with E-state index in [0.29, 0.717) is 16.5 Å². The SMILES string of the molecule is CC(C)n1nc(C(=O)Nc2ccc(S(=O)(=O)N(C)C)cc2)c2ccccc2c1=O. The highest BCUT2D eigenvalue weighted by molar-refractivity contribution is 7.89. The molecule has 0 radical (unpaired) electrons. The molecule has 0 aliphatic carbocycles. The zero-order chi connectivity index (χ0) is 21.3. The number of hydrogen-bond donors (Lipinski definition) is 1. The van der Waals surface area contributed by atoms with Gasteiger partial charge in [0.2, 0.25) is 10.0 Å². The summed E-state index contributed by atoms with van der Waals surface area (Å²) in [5.41, 5.74) is 0.283. The average Bonchev–Trinajstić information content (AvgIpc) is 2.68. The molecule has 152 valence electrons. The van der Waals surface area contributed by atoms with Gasteiger partial charge in [0.15, 0.2) is 5.69 Å². The summed E-state index contributed by atoms with van der Waals surface area (Å²) in [6.45, 7) is 3.63. The number of carbonyl (C=O) groups excluding carboxylic acids is 1. The third kappa shape index (κ3) is 3.92. The largest absolute Gasteiger partial charge is 0.321 e. The average molecular weight is 414 g/mol. The number of amides is 1. The molecule has 0 aliphatic rings. The molecule has 29 heavy (non-hydrogen) atoms. The van der Waals surface area contributed by atoms with Gasteiger partial charge in [0.05, 0.1) is 16.3 Å². The normalized spacial score (nSPS) is 11.9. The smallest absolute Gasteiger partial charge is 0.276 e. The quantitative estimate of drug-likeness (QED) is 0.691. The maximum atomic E-state index is 12.9. The van der Waals surface area contributed by atoms with Gasteiger partial charge in [0.1, 0.15) is 0 Å². The van der Waals surface area contributed by atoms with Gasteiger partial charge in [0.25, 0.3) is 11.5 Å². The van der Waals surface area contributed by atoms with Crippen molar-refractivity contribution in [3.63, 3.8) is 0 Å². The zero-order valence-corrected chi connectivity index (χ0v) is 17.4. The van der Waals surface area contributed by atoms with Crippen LogP contribution < -0.4 is 10.9 Å². The number of fused-ring (bicyclic) bond motifs is 1. The Labute approximate surface area is 168 Å². The first-order valence-electron chi connectivity index (χ1n) is 8.98. The van der Waals surface area contributed by atoms with E-state index >= 15 is 0 Å². The van der Waals surface area contributed by atoms with E-state index in [9.17, 15) is 18.0 Å². The topological polar surface area (TPSA) is 101 Å². The van der Waals surface area contributed by atoms with Crippen LogP contribution in [0.25, 0.3) is 10.8 Å². The molecular weight excluding hydrogens is 392 g/mol. The van der Waals surface area contributed by atoms with E-state index in [0.717, 1.165) is 4.31 Å². The van der Waals surface area contributed by atoms with Crippen molar-refractivity contribution in [2.75, 3.05) is 19.4 Å². The Kier molecular flexibility index (Phi) is 5.54. The van der Waals surface area contributed by atoms with Crippen LogP contribution >= 0.6 is 0 Å². The summed E-state index contributed by atoms with van der Waals surface area (Å²) in [7, 11) is -0.653. The van der Waals surface area contributed by atoms with Crippen molar-refractivity contribution in [2.24, 2.45) is 0 Å². The third-order valence-electron chi connectivity index (χ3n) is 4.42. The summed E-state index contributed by atoms with van der Waals surface area (Å²) in [4.78, 5) is 25.6. The van der Waals surface area contributed by atoms with Crippen LogP contribution in [0.1, 0.15) is 30.4 Å². The molecule has 3 rings (SSSR count). The summed E-state index contributed by atoms with van der Waals surface area (Å²) in [5.74, 6) is -0.487. The third-order valence-corrected chi connectivity index (χ3v) is 6.25. The van der Waals surface area contributed by atoms with Crippen LogP contribution in [0.2, 0.25) is 0 Å². The highest BCUT2D eigenvalue weighted by Crippen LogP contribution is 2.19. The first-order chi connectivity index (χ1) is 13.6. The number of nitrogens with zero attached hydrogens (tertiary/aromatic N) is 3. The first kappa shape index (κ1) is 20.7. The lowest BCUT2D eigenvalue weighted by Crippen LogP contribution is -2.29. The van der Waals surface area contributed by atoms with Crippen LogP contribution in [-0.2, 0) is 10.0 Å². The molecule has 0 spiro atoms. The van der Waals surface area contributed by atoms with E-state index in [1.54, 1.807) is 24.3 Å². The number of benzene rings is 2. The number of hydrogen-bond acceptors (Lipinski definition) is 5. The lowest BCUT2D eigenvalue weighted by atomic mass is 10.1. The van der Waals surface area contributed by atoms with Crippen molar-refractivity contribution in [1.29, 1.82) is 0 Å². The Balaban J connectivity index is 1.99. The van der Waals surface area contributed by atoms with Gasteiger partial charge in [-0.2, -0.15) is 5.10 Å². The van der Waals surface area contributed by atoms with Crippen molar-refractivity contribution in [3.8, 4) is 0 Å². The molecular formula is C20H22N4O4S. The molecule has 0 saturated heterocycles. The van der Waals surface area contributed by atoms with Crippen molar-refractivity contribution < 1.29 is 13.2 Å². The standard InChI is InChI=1S/C20H22N4O4S/c1-13(2)24-20(26)17-8-6-5-7-16(17)18(22-24)19(25)21-14-9-11-15(12-10-14)29(27,28)23(3)4/h5-13H,1-4H3,(H,21,25). The highest BCUT2D eigenvalue weighted by atomic mass is 32.2. The summed E-state index contributed by atoms with van der Waals surface area (Å²) >= 11 is 0. The maximum absolute atomic E-state index is 12.9. The van der Waals surface area contributed by atoms with Crippen LogP contribution in [0.5, 0.6) is 0 Å². The summed E-state index contributed by atoms with van der Waals surface area (Å²) in [6, 6.07) is 12.5. The molecule has 0 bridgehead atoms. The Morgan fingerprint density at radius 2 is 1.62 bits per heavy atom. The van der Waals surface area contributed by atoms with Gasteiger partial charge in [-0.3, -0.25) is 9.59 Å². The number of carbonyl (C=O) groups is 1. The fourth-order valence-corrected chi connectivity index (χ4v) is 3.74. The second kappa shape index (κ2) is 7.76. The molecule has 0 saturated carbocycles. The molecule has 9 heteroatoms. The van der Waals surface area contributed by atoms with Gasteiger partial charge in [-0.05, 0) is 44.2 Å². The van der Waals surface area contributed by atoms with Crippen LogP contribution in [0.4, 0.5) is 5.69 Å². The summed E-state index contributed by atoms with van der Waals surface area (Å²) in [6.07, 6.45) is 0. The van der Waals surface area contributed by atoms with Gasteiger partial charge >= 0.3 is 0 Å². The molecule has 8 nitrogen and oxygen atoms in total. The molecule has 1 N–H and O–H groups in total. The zero-order valence-electron chi connectivity index (χ0n) is 16.6. The lowest BCUT2D eigenvalue weighted by Gasteiger charge is -2.14. The van der Waals surface area contributed by atoms with Gasteiger partial charge < -0.3 is 5.32 Å². The van der Waals surface area contributed by atoms with Crippen molar-refractivity contribution >= 4 is 32.4 Å². The van der Waals surface area contributed by atoms with E-state index in [2.05, 4.69) is 10.4 Å². The number of rotatable bonds is 5. The van der Waals surface area contributed by atoms with Crippen molar-refractivity contribution in [3.05, 3.63) is 64.6 Å². The molecule has 0 atom stereocenters. The number of anilines is 1. The maximum Gasteiger partial charge on any atom is 0.276 e. The molecule has 1 aromatic heterocycles. The van der Waals surface area contributed by atoms with Crippen LogP contribution in [0.3, 0.4) is 0 Å². The molecule has 0 fully saturated rings. The second-order valence-corrected chi connectivity index (χ2v) is 9.16. The highest BCUT2D eigenvalue weighted by Gasteiger charge is 2.19. The second-order valence-electron chi connectivity index (χ2n) is 7.00. The minimum Gasteiger partial charge on any atom is -0.321 e. The Hall–Kier alpha value is -3.04. The van der Waals surface area contributed by atoms with Gasteiger partial charge in [-0.1, -0.05) is 18.2 Å².